The summed E-state index contributed by atoms with van der Waals surface area (Å²) >= 11 is 13.3. The zero-order chi connectivity index (χ0) is 25.7. The molecule has 37 heavy (non-hydrogen) atoms. The number of aromatic nitrogens is 5. The molecule has 2 aromatic heterocycles. The molecule has 0 saturated carbocycles. The van der Waals surface area contributed by atoms with Crippen molar-refractivity contribution < 1.29 is 4.79 Å². The minimum Gasteiger partial charge on any atom is -0.327 e. The zero-order valence-corrected chi connectivity index (χ0v) is 22.1. The molecule has 6 nitrogen and oxygen atoms in total. The van der Waals surface area contributed by atoms with E-state index in [2.05, 4.69) is 51.9 Å². The van der Waals surface area contributed by atoms with Gasteiger partial charge in [0.25, 0.3) is 0 Å². The maximum Gasteiger partial charge on any atom is 0.166 e. The molecule has 186 valence electrons. The fourth-order valence-electron chi connectivity index (χ4n) is 5.49. The molecule has 5 aromatic rings. The Morgan fingerprint density at radius 3 is 2.49 bits per heavy atom. The fraction of sp³-hybridized carbons (Fsp3) is 0.241. The van der Waals surface area contributed by atoms with Crippen molar-refractivity contribution in [2.24, 2.45) is 0 Å². The van der Waals surface area contributed by atoms with Gasteiger partial charge in [0, 0.05) is 24.8 Å². The molecule has 0 saturated heterocycles. The number of fused-ring (bicyclic) bond motifs is 3. The number of nitrogens with zero attached hydrogens (tertiary/aromatic N) is 5. The molecule has 1 atom stereocenters. The third-order valence-corrected chi connectivity index (χ3v) is 7.93. The highest BCUT2D eigenvalue weighted by molar-refractivity contribution is 6.40. The molecule has 0 N–H and O–H groups in total. The van der Waals surface area contributed by atoms with Crippen molar-refractivity contribution >= 4 is 40.0 Å². The maximum atomic E-state index is 13.9. The smallest absolute Gasteiger partial charge is 0.166 e. The van der Waals surface area contributed by atoms with Crippen molar-refractivity contribution in [2.75, 3.05) is 0 Å². The lowest BCUT2D eigenvalue weighted by molar-refractivity contribution is 0.0931. The lowest BCUT2D eigenvalue weighted by Gasteiger charge is -2.38. The molecular weight excluding hydrogens is 505 g/mol. The van der Waals surface area contributed by atoms with Crippen molar-refractivity contribution in [3.8, 4) is 5.69 Å². The van der Waals surface area contributed by atoms with Crippen molar-refractivity contribution in [3.63, 3.8) is 0 Å². The van der Waals surface area contributed by atoms with Crippen LogP contribution in [0.25, 0.3) is 16.7 Å². The van der Waals surface area contributed by atoms with Gasteiger partial charge in [-0.15, -0.1) is 0 Å². The molecule has 0 fully saturated rings. The second-order valence-electron chi connectivity index (χ2n) is 9.87. The Hall–Kier alpha value is -3.48. The number of aryl methyl sites for hydroxylation is 3. The number of carbonyl (C=O) groups excluding carboxylic acids is 1. The Bertz CT molecular complexity index is 1630. The SMILES string of the molecule is Cc1ccc2c(c1)nc1n2C[C@@](CC(=O)c2c(Cl)cc(-n3cnc(C)n3)cc2Cl)(c2ccccc2)CC1. The van der Waals surface area contributed by atoms with Crippen LogP contribution in [0, 0.1) is 13.8 Å². The third-order valence-electron chi connectivity index (χ3n) is 7.33. The molecule has 1 aliphatic heterocycles. The van der Waals surface area contributed by atoms with Gasteiger partial charge in [-0.2, -0.15) is 5.10 Å². The first-order valence-electron chi connectivity index (χ1n) is 12.3. The van der Waals surface area contributed by atoms with Gasteiger partial charge in [0.05, 0.1) is 32.3 Å². The summed E-state index contributed by atoms with van der Waals surface area (Å²) in [5, 5.41) is 4.94. The molecule has 1 aliphatic rings. The minimum atomic E-state index is -0.418. The zero-order valence-electron chi connectivity index (χ0n) is 20.6. The number of rotatable bonds is 5. The fourth-order valence-corrected chi connectivity index (χ4v) is 6.17. The molecular formula is C29H25Cl2N5O. The highest BCUT2D eigenvalue weighted by Crippen LogP contribution is 2.42. The van der Waals surface area contributed by atoms with E-state index in [1.54, 1.807) is 30.1 Å². The molecule has 3 heterocycles. The number of imidazole rings is 1. The highest BCUT2D eigenvalue weighted by atomic mass is 35.5. The summed E-state index contributed by atoms with van der Waals surface area (Å²) in [6.45, 7) is 4.54. The van der Waals surface area contributed by atoms with Gasteiger partial charge in [-0.3, -0.25) is 4.79 Å². The van der Waals surface area contributed by atoms with E-state index in [0.29, 0.717) is 33.7 Å². The summed E-state index contributed by atoms with van der Waals surface area (Å²) in [7, 11) is 0. The van der Waals surface area contributed by atoms with Crippen LogP contribution >= 0.6 is 23.2 Å². The van der Waals surface area contributed by atoms with Crippen LogP contribution in [0.4, 0.5) is 0 Å². The van der Waals surface area contributed by atoms with E-state index in [4.69, 9.17) is 28.2 Å². The molecule has 8 heteroatoms. The Morgan fingerprint density at radius 1 is 1.03 bits per heavy atom. The number of halogens is 2. The van der Waals surface area contributed by atoms with E-state index in [9.17, 15) is 4.79 Å². The predicted molar refractivity (Wildman–Crippen MR) is 146 cm³/mol. The summed E-state index contributed by atoms with van der Waals surface area (Å²) in [6.07, 6.45) is 3.46. The maximum absolute atomic E-state index is 13.9. The van der Waals surface area contributed by atoms with Gasteiger partial charge >= 0.3 is 0 Å². The average Bonchev–Trinajstić information content (AvgIpc) is 3.46. The van der Waals surface area contributed by atoms with Crippen LogP contribution in [0.3, 0.4) is 0 Å². The van der Waals surface area contributed by atoms with E-state index in [1.165, 1.54) is 5.56 Å². The quantitative estimate of drug-likeness (QED) is 0.237. The summed E-state index contributed by atoms with van der Waals surface area (Å²) < 4.78 is 3.87. The van der Waals surface area contributed by atoms with Crippen LogP contribution in [-0.4, -0.2) is 30.1 Å². The largest absolute Gasteiger partial charge is 0.327 e. The lowest BCUT2D eigenvalue weighted by Crippen LogP contribution is -2.39. The Labute approximate surface area is 224 Å². The van der Waals surface area contributed by atoms with Gasteiger partial charge in [-0.05, 0) is 55.7 Å². The predicted octanol–water partition coefficient (Wildman–Crippen LogP) is 6.70. The second kappa shape index (κ2) is 9.12. The van der Waals surface area contributed by atoms with Crippen molar-refractivity contribution in [2.45, 2.75) is 45.1 Å². The van der Waals surface area contributed by atoms with Crippen molar-refractivity contribution in [1.29, 1.82) is 0 Å². The third kappa shape index (κ3) is 4.24. The average molecular weight is 530 g/mol. The molecule has 6 rings (SSSR count). The van der Waals surface area contributed by atoms with E-state index in [-0.39, 0.29) is 12.2 Å². The first-order chi connectivity index (χ1) is 17.8. The van der Waals surface area contributed by atoms with Crippen LogP contribution in [0.1, 0.15) is 46.0 Å². The van der Waals surface area contributed by atoms with E-state index >= 15 is 0 Å². The van der Waals surface area contributed by atoms with Gasteiger partial charge in [-0.25, -0.2) is 14.6 Å². The molecule has 0 bridgehead atoms. The number of carbonyl (C=O) groups is 1. The number of benzene rings is 3. The van der Waals surface area contributed by atoms with Crippen LogP contribution < -0.4 is 0 Å². The minimum absolute atomic E-state index is 0.0797. The first-order valence-corrected chi connectivity index (χ1v) is 13.0. The van der Waals surface area contributed by atoms with Gasteiger partial charge in [0.1, 0.15) is 18.0 Å². The van der Waals surface area contributed by atoms with Crippen LogP contribution in [-0.2, 0) is 18.4 Å². The van der Waals surface area contributed by atoms with E-state index in [0.717, 1.165) is 35.3 Å². The molecule has 3 aromatic carbocycles. The number of ketones is 1. The normalized spacial score (nSPS) is 17.2. The molecule has 0 unspecified atom stereocenters. The lowest BCUT2D eigenvalue weighted by atomic mass is 9.70. The Balaban J connectivity index is 1.40. The Morgan fingerprint density at radius 2 is 1.78 bits per heavy atom. The van der Waals surface area contributed by atoms with Crippen molar-refractivity contribution in [1.82, 2.24) is 24.3 Å². The standard InChI is InChI=1S/C29H25Cl2N5O/c1-18-8-9-25-24(12-18)33-27-10-11-29(16-35(25)27,20-6-4-3-5-7-20)15-26(37)28-22(30)13-21(14-23(28)31)36-17-32-19(2)34-36/h3-9,12-14,17H,10-11,15-16H2,1-2H3/t29-/m1/s1. The van der Waals surface area contributed by atoms with Crippen LogP contribution in [0.15, 0.2) is 67.0 Å². The Kier molecular flexibility index (Phi) is 5.89. The van der Waals surface area contributed by atoms with Gasteiger partial charge in [0.15, 0.2) is 5.78 Å². The summed E-state index contributed by atoms with van der Waals surface area (Å²) in [6, 6.07) is 20.1. The second-order valence-corrected chi connectivity index (χ2v) is 10.7. The van der Waals surface area contributed by atoms with E-state index < -0.39 is 5.41 Å². The van der Waals surface area contributed by atoms with Crippen LogP contribution in [0.5, 0.6) is 0 Å². The molecule has 0 radical (unpaired) electrons. The van der Waals surface area contributed by atoms with Gasteiger partial charge in [-0.1, -0.05) is 59.6 Å². The van der Waals surface area contributed by atoms with Gasteiger partial charge < -0.3 is 4.57 Å². The molecule has 0 amide bonds. The van der Waals surface area contributed by atoms with Crippen LogP contribution in [0.2, 0.25) is 10.0 Å². The van der Waals surface area contributed by atoms with Crippen molar-refractivity contribution in [3.05, 3.63) is 105 Å². The monoisotopic (exact) mass is 529 g/mol. The highest BCUT2D eigenvalue weighted by Gasteiger charge is 2.40. The van der Waals surface area contributed by atoms with Gasteiger partial charge in [0.2, 0.25) is 0 Å². The number of hydrogen-bond donors (Lipinski definition) is 0. The van der Waals surface area contributed by atoms with E-state index in [1.807, 2.05) is 18.2 Å². The topological polar surface area (TPSA) is 65.6 Å². The number of Topliss-reactive ketones (excluding diaryl/α,β-unsaturated/α-hetero) is 1. The summed E-state index contributed by atoms with van der Waals surface area (Å²) in [5.41, 5.74) is 4.99. The summed E-state index contributed by atoms with van der Waals surface area (Å²) in [4.78, 5) is 23.0. The number of hydrogen-bond acceptors (Lipinski definition) is 4. The molecule has 0 spiro atoms. The molecule has 0 aliphatic carbocycles. The summed E-state index contributed by atoms with van der Waals surface area (Å²) in [5.74, 6) is 1.61. The first kappa shape index (κ1) is 23.9.